The zero-order chi connectivity index (χ0) is 15.8. The number of nitrogen functional groups attached to an aromatic ring is 1. The average Bonchev–Trinajstić information content (AvgIpc) is 2.37. The molecule has 2 rings (SSSR count). The van der Waals surface area contributed by atoms with Gasteiger partial charge in [-0.15, -0.1) is 0 Å². The van der Waals surface area contributed by atoms with Crippen molar-refractivity contribution in [2.24, 2.45) is 0 Å². The highest BCUT2D eigenvalue weighted by atomic mass is 79.9. The molecule has 0 aromatic heterocycles. The summed E-state index contributed by atoms with van der Waals surface area (Å²) >= 11 is 9.93. The van der Waals surface area contributed by atoms with Gasteiger partial charge in [-0.25, -0.2) is 8.42 Å². The molecule has 0 amide bonds. The third kappa shape index (κ3) is 3.80. The first-order valence-electron chi connectivity index (χ1n) is 5.74. The number of anilines is 2. The Bertz CT molecular complexity index is 807. The summed E-state index contributed by atoms with van der Waals surface area (Å²) in [5.41, 5.74) is 7.48. The Kier molecular flexibility index (Phi) is 5.02. The van der Waals surface area contributed by atoms with Gasteiger partial charge >= 0.3 is 0 Å². The molecule has 4 nitrogen and oxygen atoms in total. The third-order valence-corrected chi connectivity index (χ3v) is 6.61. The van der Waals surface area contributed by atoms with Crippen molar-refractivity contribution in [3.05, 3.63) is 49.3 Å². The SMILES string of the molecule is Cc1cc(Br)c(S(=O)(=O)Nc2cc(N)ccc2Br)cc1Br. The van der Waals surface area contributed by atoms with E-state index in [1.54, 1.807) is 30.3 Å². The third-order valence-electron chi connectivity index (χ3n) is 2.74. The van der Waals surface area contributed by atoms with E-state index in [4.69, 9.17) is 5.73 Å². The van der Waals surface area contributed by atoms with Crippen molar-refractivity contribution in [1.82, 2.24) is 0 Å². The second-order valence-corrected chi connectivity index (χ2v) is 8.59. The molecule has 2 aromatic rings. The van der Waals surface area contributed by atoms with E-state index < -0.39 is 10.0 Å². The molecule has 0 saturated carbocycles. The standard InChI is InChI=1S/C13H11Br3N2O2S/c1-7-4-11(16)13(6-10(7)15)21(19,20)18-12-5-8(17)2-3-9(12)14/h2-6,18H,17H2,1H3. The lowest BCUT2D eigenvalue weighted by atomic mass is 10.2. The quantitative estimate of drug-likeness (QED) is 0.604. The molecule has 112 valence electrons. The van der Waals surface area contributed by atoms with Gasteiger partial charge in [0.25, 0.3) is 10.0 Å². The topological polar surface area (TPSA) is 72.2 Å². The zero-order valence-corrected chi connectivity index (χ0v) is 16.4. The van der Waals surface area contributed by atoms with Gasteiger partial charge in [-0.2, -0.15) is 0 Å². The molecule has 21 heavy (non-hydrogen) atoms. The second kappa shape index (κ2) is 6.28. The summed E-state index contributed by atoms with van der Waals surface area (Å²) in [6.45, 7) is 1.88. The van der Waals surface area contributed by atoms with Crippen molar-refractivity contribution >= 4 is 69.2 Å². The van der Waals surface area contributed by atoms with E-state index in [2.05, 4.69) is 52.5 Å². The van der Waals surface area contributed by atoms with Crippen molar-refractivity contribution in [3.63, 3.8) is 0 Å². The summed E-state index contributed by atoms with van der Waals surface area (Å²) in [4.78, 5) is 0.147. The van der Waals surface area contributed by atoms with Crippen LogP contribution in [0.2, 0.25) is 0 Å². The van der Waals surface area contributed by atoms with Crippen LogP contribution in [0.4, 0.5) is 11.4 Å². The van der Waals surface area contributed by atoms with Crippen LogP contribution in [0.5, 0.6) is 0 Å². The van der Waals surface area contributed by atoms with Gasteiger partial charge in [-0.3, -0.25) is 4.72 Å². The van der Waals surface area contributed by atoms with Crippen molar-refractivity contribution < 1.29 is 8.42 Å². The second-order valence-electron chi connectivity index (χ2n) is 4.38. The van der Waals surface area contributed by atoms with E-state index in [0.29, 0.717) is 20.3 Å². The van der Waals surface area contributed by atoms with Gasteiger partial charge in [0.2, 0.25) is 0 Å². The Hall–Kier alpha value is -0.570. The first-order valence-corrected chi connectivity index (χ1v) is 9.60. The largest absolute Gasteiger partial charge is 0.399 e. The smallest absolute Gasteiger partial charge is 0.263 e. The van der Waals surface area contributed by atoms with E-state index in [1.807, 2.05) is 6.92 Å². The van der Waals surface area contributed by atoms with Crippen LogP contribution >= 0.6 is 47.8 Å². The minimum atomic E-state index is -3.73. The number of rotatable bonds is 3. The summed E-state index contributed by atoms with van der Waals surface area (Å²) in [5.74, 6) is 0. The number of nitrogens with one attached hydrogen (secondary N) is 1. The summed E-state index contributed by atoms with van der Waals surface area (Å²) in [6, 6.07) is 8.22. The van der Waals surface area contributed by atoms with E-state index >= 15 is 0 Å². The normalized spacial score (nSPS) is 11.4. The van der Waals surface area contributed by atoms with Crippen molar-refractivity contribution in [1.29, 1.82) is 0 Å². The molecule has 0 radical (unpaired) electrons. The first kappa shape index (κ1) is 16.8. The van der Waals surface area contributed by atoms with Crippen LogP contribution in [-0.4, -0.2) is 8.42 Å². The van der Waals surface area contributed by atoms with E-state index in [-0.39, 0.29) is 4.90 Å². The summed E-state index contributed by atoms with van der Waals surface area (Å²) in [7, 11) is -3.73. The highest BCUT2D eigenvalue weighted by molar-refractivity contribution is 9.11. The predicted molar refractivity (Wildman–Crippen MR) is 95.9 cm³/mol. The molecule has 0 fully saturated rings. The Balaban J connectivity index is 2.48. The van der Waals surface area contributed by atoms with E-state index in [0.717, 1.165) is 10.0 Å². The zero-order valence-electron chi connectivity index (χ0n) is 10.8. The van der Waals surface area contributed by atoms with Crippen molar-refractivity contribution in [2.75, 3.05) is 10.5 Å². The van der Waals surface area contributed by atoms with E-state index in [1.165, 1.54) is 0 Å². The number of benzene rings is 2. The maximum absolute atomic E-state index is 12.5. The van der Waals surface area contributed by atoms with Gasteiger partial charge in [0.1, 0.15) is 4.90 Å². The van der Waals surface area contributed by atoms with Gasteiger partial charge in [0.15, 0.2) is 0 Å². The van der Waals surface area contributed by atoms with E-state index in [9.17, 15) is 8.42 Å². The molecule has 0 heterocycles. The summed E-state index contributed by atoms with van der Waals surface area (Å²) in [6.07, 6.45) is 0. The Morgan fingerprint density at radius 3 is 2.33 bits per heavy atom. The number of nitrogens with two attached hydrogens (primary N) is 1. The van der Waals surface area contributed by atoms with Crippen LogP contribution in [0.15, 0.2) is 48.6 Å². The minimum Gasteiger partial charge on any atom is -0.399 e. The maximum Gasteiger partial charge on any atom is 0.263 e. The Labute approximate surface area is 148 Å². The van der Waals surface area contributed by atoms with Crippen LogP contribution in [0.1, 0.15) is 5.56 Å². The monoisotopic (exact) mass is 496 g/mol. The number of hydrogen-bond acceptors (Lipinski definition) is 3. The molecule has 3 N–H and O–H groups in total. The highest BCUT2D eigenvalue weighted by Crippen LogP contribution is 2.32. The van der Waals surface area contributed by atoms with Crippen LogP contribution in [0, 0.1) is 6.92 Å². The van der Waals surface area contributed by atoms with Crippen LogP contribution in [-0.2, 0) is 10.0 Å². The molecule has 0 unspecified atom stereocenters. The van der Waals surface area contributed by atoms with Gasteiger partial charge in [-0.05, 0) is 74.7 Å². The lowest BCUT2D eigenvalue weighted by Crippen LogP contribution is -2.14. The molecule has 0 bridgehead atoms. The molecule has 0 spiro atoms. The Morgan fingerprint density at radius 2 is 1.67 bits per heavy atom. The predicted octanol–water partition coefficient (Wildman–Crippen LogP) is 4.67. The van der Waals surface area contributed by atoms with Crippen LogP contribution < -0.4 is 10.5 Å². The van der Waals surface area contributed by atoms with Crippen molar-refractivity contribution in [2.45, 2.75) is 11.8 Å². The van der Waals surface area contributed by atoms with Crippen molar-refractivity contribution in [3.8, 4) is 0 Å². The highest BCUT2D eigenvalue weighted by Gasteiger charge is 2.20. The fourth-order valence-electron chi connectivity index (χ4n) is 1.65. The summed E-state index contributed by atoms with van der Waals surface area (Å²) < 4.78 is 29.4. The number of hydrogen-bond donors (Lipinski definition) is 2. The van der Waals surface area contributed by atoms with Crippen LogP contribution in [0.25, 0.3) is 0 Å². The Morgan fingerprint density at radius 1 is 1.00 bits per heavy atom. The number of aryl methyl sites for hydroxylation is 1. The molecular formula is C13H11Br3N2O2S. The fraction of sp³-hybridized carbons (Fsp3) is 0.0769. The molecule has 0 aliphatic heterocycles. The lowest BCUT2D eigenvalue weighted by Gasteiger charge is -2.13. The minimum absolute atomic E-state index is 0.147. The number of halogens is 3. The molecule has 2 aromatic carbocycles. The van der Waals surface area contributed by atoms with Crippen LogP contribution in [0.3, 0.4) is 0 Å². The number of sulfonamides is 1. The molecule has 8 heteroatoms. The lowest BCUT2D eigenvalue weighted by molar-refractivity contribution is 0.600. The van der Waals surface area contributed by atoms with Gasteiger partial charge in [0, 0.05) is 19.1 Å². The molecule has 0 saturated heterocycles. The molecule has 0 atom stereocenters. The molecule has 0 aliphatic carbocycles. The molecule has 0 aliphatic rings. The van der Waals surface area contributed by atoms with Gasteiger partial charge in [-0.1, -0.05) is 15.9 Å². The first-order chi connectivity index (χ1) is 9.70. The maximum atomic E-state index is 12.5. The van der Waals surface area contributed by atoms with Gasteiger partial charge in [0.05, 0.1) is 5.69 Å². The van der Waals surface area contributed by atoms with Gasteiger partial charge < -0.3 is 5.73 Å². The molecular weight excluding hydrogens is 488 g/mol. The summed E-state index contributed by atoms with van der Waals surface area (Å²) in [5, 5.41) is 0. The fourth-order valence-corrected chi connectivity index (χ4v) is 4.88. The average molecular weight is 499 g/mol.